The molecule has 4 rings (SSSR count). The molecule has 0 bridgehead atoms. The molecule has 0 saturated carbocycles. The highest BCUT2D eigenvalue weighted by Crippen LogP contribution is 2.33. The smallest absolute Gasteiger partial charge is 0.165 e. The van der Waals surface area contributed by atoms with E-state index in [1.165, 1.54) is 12.8 Å². The normalized spacial score (nSPS) is 17.6. The van der Waals surface area contributed by atoms with Gasteiger partial charge in [-0.1, -0.05) is 12.1 Å². The lowest BCUT2D eigenvalue weighted by Crippen LogP contribution is -2.24. The number of hydrogen-bond acceptors (Lipinski definition) is 5. The molecule has 1 N–H and O–H groups in total. The van der Waals surface area contributed by atoms with Crippen LogP contribution in [0.4, 0.5) is 0 Å². The monoisotopic (exact) mass is 314 g/mol. The summed E-state index contributed by atoms with van der Waals surface area (Å²) in [5.74, 6) is 3.85. The zero-order valence-corrected chi connectivity index (χ0v) is 13.4. The summed E-state index contributed by atoms with van der Waals surface area (Å²) >= 11 is 0. The number of benzene rings is 1. The molecule has 0 saturated heterocycles. The van der Waals surface area contributed by atoms with Crippen molar-refractivity contribution in [2.24, 2.45) is 0 Å². The molecule has 2 aliphatic rings. The molecule has 1 atom stereocenters. The standard InChI is InChI=1S/C17H22N4O2/c1-12(17-20-19-15-7-2-3-8-21(15)17)18-11-13-5-4-6-14-16(13)23-10-9-22-14/h4-6,12,18H,2-3,7-11H2,1H3/t12-/m1/s1. The Morgan fingerprint density at radius 3 is 3.09 bits per heavy atom. The predicted octanol–water partition coefficient (Wildman–Crippen LogP) is 2.24. The van der Waals surface area contributed by atoms with Crippen molar-refractivity contribution in [2.45, 2.75) is 45.3 Å². The molecular formula is C17H22N4O2. The Kier molecular flexibility index (Phi) is 3.91. The molecule has 0 radical (unpaired) electrons. The number of aromatic nitrogens is 3. The highest BCUT2D eigenvalue weighted by Gasteiger charge is 2.21. The maximum Gasteiger partial charge on any atom is 0.165 e. The van der Waals surface area contributed by atoms with Gasteiger partial charge >= 0.3 is 0 Å². The van der Waals surface area contributed by atoms with Crippen molar-refractivity contribution in [1.82, 2.24) is 20.1 Å². The quantitative estimate of drug-likeness (QED) is 0.938. The van der Waals surface area contributed by atoms with Gasteiger partial charge in [0.25, 0.3) is 0 Å². The molecule has 1 aromatic carbocycles. The highest BCUT2D eigenvalue weighted by molar-refractivity contribution is 5.47. The van der Waals surface area contributed by atoms with Crippen molar-refractivity contribution in [2.75, 3.05) is 13.2 Å². The zero-order chi connectivity index (χ0) is 15.6. The average Bonchev–Trinajstić information content (AvgIpc) is 3.04. The second-order valence-electron chi connectivity index (χ2n) is 6.13. The second-order valence-corrected chi connectivity index (χ2v) is 6.13. The molecule has 3 heterocycles. The van der Waals surface area contributed by atoms with E-state index in [-0.39, 0.29) is 6.04 Å². The predicted molar refractivity (Wildman–Crippen MR) is 85.6 cm³/mol. The van der Waals surface area contributed by atoms with Gasteiger partial charge in [0.15, 0.2) is 11.5 Å². The van der Waals surface area contributed by atoms with E-state index in [0.717, 1.165) is 48.2 Å². The SMILES string of the molecule is C[C@@H](NCc1cccc2c1OCCO2)c1nnc2n1CCCC2. The fraction of sp³-hybridized carbons (Fsp3) is 0.529. The summed E-state index contributed by atoms with van der Waals surface area (Å²) in [6.45, 7) is 5.11. The van der Waals surface area contributed by atoms with Crippen LogP contribution in [0.2, 0.25) is 0 Å². The fourth-order valence-corrected chi connectivity index (χ4v) is 3.28. The van der Waals surface area contributed by atoms with Gasteiger partial charge in [0.05, 0.1) is 6.04 Å². The molecule has 0 fully saturated rings. The topological polar surface area (TPSA) is 61.2 Å². The summed E-state index contributed by atoms with van der Waals surface area (Å²) < 4.78 is 13.7. The van der Waals surface area contributed by atoms with E-state index in [4.69, 9.17) is 9.47 Å². The Labute approximate surface area is 135 Å². The Bertz CT molecular complexity index is 698. The lowest BCUT2D eigenvalue weighted by Gasteiger charge is -2.22. The van der Waals surface area contributed by atoms with Crippen LogP contribution in [-0.4, -0.2) is 28.0 Å². The third kappa shape index (κ3) is 2.79. The molecule has 122 valence electrons. The van der Waals surface area contributed by atoms with E-state index in [1.54, 1.807) is 0 Å². The van der Waals surface area contributed by atoms with Gasteiger partial charge < -0.3 is 19.4 Å². The van der Waals surface area contributed by atoms with E-state index >= 15 is 0 Å². The molecule has 0 aliphatic carbocycles. The van der Waals surface area contributed by atoms with Gasteiger partial charge in [0.1, 0.15) is 24.9 Å². The molecular weight excluding hydrogens is 292 g/mol. The van der Waals surface area contributed by atoms with Crippen LogP contribution in [0, 0.1) is 0 Å². The Morgan fingerprint density at radius 2 is 2.13 bits per heavy atom. The average molecular weight is 314 g/mol. The number of nitrogens with zero attached hydrogens (tertiary/aromatic N) is 3. The lowest BCUT2D eigenvalue weighted by atomic mass is 10.1. The molecule has 1 aromatic heterocycles. The largest absolute Gasteiger partial charge is 0.486 e. The van der Waals surface area contributed by atoms with Crippen LogP contribution >= 0.6 is 0 Å². The van der Waals surface area contributed by atoms with Gasteiger partial charge in [-0.15, -0.1) is 10.2 Å². The summed E-state index contributed by atoms with van der Waals surface area (Å²) in [6.07, 6.45) is 3.46. The molecule has 0 spiro atoms. The number of hydrogen-bond donors (Lipinski definition) is 1. The number of nitrogens with one attached hydrogen (secondary N) is 1. The first kappa shape index (κ1) is 14.5. The van der Waals surface area contributed by atoms with Gasteiger partial charge in [-0.25, -0.2) is 0 Å². The van der Waals surface area contributed by atoms with Crippen LogP contribution in [-0.2, 0) is 19.5 Å². The van der Waals surface area contributed by atoms with Crippen molar-refractivity contribution < 1.29 is 9.47 Å². The number of rotatable bonds is 4. The van der Waals surface area contributed by atoms with Gasteiger partial charge in [-0.05, 0) is 25.8 Å². The maximum absolute atomic E-state index is 5.77. The van der Waals surface area contributed by atoms with Crippen LogP contribution in [0.5, 0.6) is 11.5 Å². The fourth-order valence-electron chi connectivity index (χ4n) is 3.28. The van der Waals surface area contributed by atoms with Crippen LogP contribution in [0.25, 0.3) is 0 Å². The van der Waals surface area contributed by atoms with Gasteiger partial charge in [-0.2, -0.15) is 0 Å². The van der Waals surface area contributed by atoms with E-state index in [2.05, 4.69) is 33.1 Å². The Balaban J connectivity index is 1.48. The third-order valence-electron chi connectivity index (χ3n) is 4.52. The first-order valence-corrected chi connectivity index (χ1v) is 8.36. The Morgan fingerprint density at radius 1 is 1.22 bits per heavy atom. The Hall–Kier alpha value is -2.08. The highest BCUT2D eigenvalue weighted by atomic mass is 16.6. The van der Waals surface area contributed by atoms with Gasteiger partial charge in [0.2, 0.25) is 0 Å². The molecule has 6 nitrogen and oxygen atoms in total. The molecule has 2 aliphatic heterocycles. The molecule has 6 heteroatoms. The maximum atomic E-state index is 5.77. The van der Waals surface area contributed by atoms with Crippen molar-refractivity contribution in [3.63, 3.8) is 0 Å². The minimum Gasteiger partial charge on any atom is -0.486 e. The summed E-state index contributed by atoms with van der Waals surface area (Å²) in [5.41, 5.74) is 1.12. The van der Waals surface area contributed by atoms with Crippen LogP contribution in [0.1, 0.15) is 43.0 Å². The van der Waals surface area contributed by atoms with Crippen molar-refractivity contribution >= 4 is 0 Å². The molecule has 2 aromatic rings. The first-order chi connectivity index (χ1) is 11.3. The molecule has 23 heavy (non-hydrogen) atoms. The van der Waals surface area contributed by atoms with E-state index in [0.29, 0.717) is 13.2 Å². The van der Waals surface area contributed by atoms with Crippen LogP contribution < -0.4 is 14.8 Å². The van der Waals surface area contributed by atoms with E-state index < -0.39 is 0 Å². The number of para-hydroxylation sites is 1. The zero-order valence-electron chi connectivity index (χ0n) is 13.4. The molecule has 0 amide bonds. The van der Waals surface area contributed by atoms with Crippen LogP contribution in [0.15, 0.2) is 18.2 Å². The number of ether oxygens (including phenoxy) is 2. The summed E-state index contributed by atoms with van der Waals surface area (Å²) in [7, 11) is 0. The first-order valence-electron chi connectivity index (χ1n) is 8.36. The summed E-state index contributed by atoms with van der Waals surface area (Å²) in [4.78, 5) is 0. The van der Waals surface area contributed by atoms with Crippen molar-refractivity contribution in [1.29, 1.82) is 0 Å². The van der Waals surface area contributed by atoms with Crippen molar-refractivity contribution in [3.8, 4) is 11.5 Å². The number of fused-ring (bicyclic) bond motifs is 2. The van der Waals surface area contributed by atoms with E-state index in [9.17, 15) is 0 Å². The van der Waals surface area contributed by atoms with Crippen LogP contribution in [0.3, 0.4) is 0 Å². The van der Waals surface area contributed by atoms with Gasteiger partial charge in [-0.3, -0.25) is 0 Å². The second kappa shape index (κ2) is 6.20. The minimum absolute atomic E-state index is 0.148. The summed E-state index contributed by atoms with van der Waals surface area (Å²) in [5, 5.41) is 12.3. The number of aryl methyl sites for hydroxylation is 1. The molecule has 0 unspecified atom stereocenters. The lowest BCUT2D eigenvalue weighted by molar-refractivity contribution is 0.169. The van der Waals surface area contributed by atoms with Crippen molar-refractivity contribution in [3.05, 3.63) is 35.4 Å². The van der Waals surface area contributed by atoms with Gasteiger partial charge in [0, 0.05) is 25.1 Å². The van der Waals surface area contributed by atoms with E-state index in [1.807, 2.05) is 12.1 Å². The minimum atomic E-state index is 0.148. The summed E-state index contributed by atoms with van der Waals surface area (Å²) in [6, 6.07) is 6.19. The third-order valence-corrected chi connectivity index (χ3v) is 4.52.